The first-order chi connectivity index (χ1) is 6.61. The second-order valence-electron chi connectivity index (χ2n) is 3.17. The molecule has 0 aromatic heterocycles. The van der Waals surface area contributed by atoms with E-state index in [0.717, 1.165) is 11.8 Å². The summed E-state index contributed by atoms with van der Waals surface area (Å²) in [7, 11) is 0. The molecule has 7 heteroatoms. The van der Waals surface area contributed by atoms with E-state index < -0.39 is 36.2 Å². The van der Waals surface area contributed by atoms with E-state index in [9.17, 15) is 19.0 Å². The Bertz CT molecular complexity index is 253. The van der Waals surface area contributed by atoms with Crippen molar-refractivity contribution >= 4 is 17.3 Å². The zero-order valence-electron chi connectivity index (χ0n) is 6.96. The Morgan fingerprint density at radius 2 is 2.07 bits per heavy atom. The first-order valence-electron chi connectivity index (χ1n) is 4.08. The van der Waals surface area contributed by atoms with E-state index in [4.69, 9.17) is 4.74 Å². The molecule has 0 spiro atoms. The minimum atomic E-state index is -2.80. The van der Waals surface area contributed by atoms with Crippen LogP contribution < -0.4 is 0 Å². The van der Waals surface area contributed by atoms with Gasteiger partial charge in [0.05, 0.1) is 5.55 Å². The number of nitrogens with zero attached hydrogens (tertiary/aromatic N) is 1. The average molecular weight is 225 g/mol. The highest BCUT2D eigenvalue weighted by molar-refractivity contribution is 8.12. The van der Waals surface area contributed by atoms with Crippen LogP contribution in [-0.4, -0.2) is 52.0 Å². The standard InChI is InChI=1S/C7H9F2NO3S/c8-6(9)5-4(12)3(11)2-7(13-5)14-1-10-2/h1-7,11-12H/t2-,3-,4+,5+,7-/m1/s1. The molecule has 0 aliphatic carbocycles. The number of halogens is 2. The average Bonchev–Trinajstić information content (AvgIpc) is 2.58. The molecule has 2 aliphatic heterocycles. The third-order valence-electron chi connectivity index (χ3n) is 2.28. The van der Waals surface area contributed by atoms with E-state index in [1.807, 2.05) is 0 Å². The summed E-state index contributed by atoms with van der Waals surface area (Å²) < 4.78 is 29.6. The molecule has 80 valence electrons. The molecule has 5 atom stereocenters. The highest BCUT2D eigenvalue weighted by Gasteiger charge is 2.49. The van der Waals surface area contributed by atoms with Crippen LogP contribution in [0.4, 0.5) is 8.78 Å². The molecule has 0 unspecified atom stereocenters. The summed E-state index contributed by atoms with van der Waals surface area (Å²) in [6.45, 7) is 0. The van der Waals surface area contributed by atoms with E-state index in [1.54, 1.807) is 0 Å². The molecule has 0 amide bonds. The van der Waals surface area contributed by atoms with Crippen LogP contribution in [-0.2, 0) is 4.74 Å². The van der Waals surface area contributed by atoms with Gasteiger partial charge < -0.3 is 14.9 Å². The number of alkyl halides is 2. The van der Waals surface area contributed by atoms with Gasteiger partial charge in [0.25, 0.3) is 6.43 Å². The van der Waals surface area contributed by atoms with Crippen LogP contribution in [0.3, 0.4) is 0 Å². The van der Waals surface area contributed by atoms with Gasteiger partial charge in [0, 0.05) is 0 Å². The van der Waals surface area contributed by atoms with E-state index >= 15 is 0 Å². The molecular formula is C7H9F2NO3S. The highest BCUT2D eigenvalue weighted by atomic mass is 32.2. The molecule has 1 fully saturated rings. The predicted molar refractivity (Wildman–Crippen MR) is 46.5 cm³/mol. The zero-order chi connectivity index (χ0) is 10.3. The first kappa shape index (κ1) is 10.3. The molecule has 0 aromatic carbocycles. The molecular weight excluding hydrogens is 216 g/mol. The van der Waals surface area contributed by atoms with Crippen molar-refractivity contribution in [1.29, 1.82) is 0 Å². The number of thioether (sulfide) groups is 1. The van der Waals surface area contributed by atoms with Crippen molar-refractivity contribution < 1.29 is 23.7 Å². The van der Waals surface area contributed by atoms with E-state index in [2.05, 4.69) is 4.99 Å². The van der Waals surface area contributed by atoms with Crippen LogP contribution in [0, 0.1) is 0 Å². The third kappa shape index (κ3) is 1.54. The Hall–Kier alpha value is -0.240. The Balaban J connectivity index is 2.13. The van der Waals surface area contributed by atoms with E-state index in [-0.39, 0.29) is 0 Å². The molecule has 0 bridgehead atoms. The van der Waals surface area contributed by atoms with Gasteiger partial charge in [-0.3, -0.25) is 4.99 Å². The topological polar surface area (TPSA) is 62.0 Å². The summed E-state index contributed by atoms with van der Waals surface area (Å²) in [5, 5.41) is 18.8. The molecule has 2 N–H and O–H groups in total. The number of fused-ring (bicyclic) bond motifs is 1. The molecule has 2 aliphatic rings. The molecule has 0 aromatic rings. The number of aliphatic imine (C=N–C) groups is 1. The molecule has 4 nitrogen and oxygen atoms in total. The van der Waals surface area contributed by atoms with Gasteiger partial charge in [0.2, 0.25) is 0 Å². The zero-order valence-corrected chi connectivity index (χ0v) is 7.77. The Labute approximate surface area is 83.0 Å². The summed E-state index contributed by atoms with van der Waals surface area (Å²) in [5.74, 6) is 0. The van der Waals surface area contributed by atoms with E-state index in [1.165, 1.54) is 5.55 Å². The Kier molecular flexibility index (Phi) is 2.74. The number of hydrogen-bond donors (Lipinski definition) is 2. The fourth-order valence-electron chi connectivity index (χ4n) is 1.52. The van der Waals surface area contributed by atoms with Gasteiger partial charge in [-0.1, -0.05) is 11.8 Å². The van der Waals surface area contributed by atoms with Crippen molar-refractivity contribution in [2.75, 3.05) is 0 Å². The molecule has 0 saturated carbocycles. The van der Waals surface area contributed by atoms with Crippen LogP contribution >= 0.6 is 11.8 Å². The first-order valence-corrected chi connectivity index (χ1v) is 5.02. The molecule has 1 saturated heterocycles. The van der Waals surface area contributed by atoms with Crippen molar-refractivity contribution in [2.45, 2.75) is 36.2 Å². The summed E-state index contributed by atoms with van der Waals surface area (Å²) in [6.07, 6.45) is -7.28. The smallest absolute Gasteiger partial charge is 0.267 e. The van der Waals surface area contributed by atoms with Crippen molar-refractivity contribution in [1.82, 2.24) is 0 Å². The van der Waals surface area contributed by atoms with Crippen LogP contribution in [0.5, 0.6) is 0 Å². The fourth-order valence-corrected chi connectivity index (χ4v) is 2.43. The van der Waals surface area contributed by atoms with Gasteiger partial charge in [-0.2, -0.15) is 0 Å². The van der Waals surface area contributed by atoms with Crippen LogP contribution in [0.15, 0.2) is 4.99 Å². The minimum absolute atomic E-state index is 0.604. The Morgan fingerprint density at radius 1 is 1.36 bits per heavy atom. The van der Waals surface area contributed by atoms with Gasteiger partial charge in [0.15, 0.2) is 0 Å². The van der Waals surface area contributed by atoms with Gasteiger partial charge in [-0.15, -0.1) is 0 Å². The number of ether oxygens (including phenoxy) is 1. The number of aliphatic hydroxyl groups is 2. The highest BCUT2D eigenvalue weighted by Crippen LogP contribution is 2.35. The predicted octanol–water partition coefficient (Wildman–Crippen LogP) is -0.158. The lowest BCUT2D eigenvalue weighted by molar-refractivity contribution is -0.193. The minimum Gasteiger partial charge on any atom is -0.388 e. The number of hydrogen-bond acceptors (Lipinski definition) is 5. The van der Waals surface area contributed by atoms with Gasteiger partial charge in [-0.05, 0) is 0 Å². The van der Waals surface area contributed by atoms with Crippen LogP contribution in [0.25, 0.3) is 0 Å². The van der Waals surface area contributed by atoms with Crippen molar-refractivity contribution in [3.05, 3.63) is 0 Å². The summed E-state index contributed by atoms with van der Waals surface area (Å²) in [6, 6.07) is -0.634. The maximum Gasteiger partial charge on any atom is 0.267 e. The van der Waals surface area contributed by atoms with Gasteiger partial charge in [0.1, 0.15) is 29.8 Å². The molecule has 2 heterocycles. The number of rotatable bonds is 1. The van der Waals surface area contributed by atoms with E-state index in [0.29, 0.717) is 0 Å². The normalized spacial score (nSPS) is 47.1. The second-order valence-corrected chi connectivity index (χ2v) is 4.11. The van der Waals surface area contributed by atoms with Gasteiger partial charge in [-0.25, -0.2) is 8.78 Å². The monoisotopic (exact) mass is 225 g/mol. The summed E-state index contributed by atoms with van der Waals surface area (Å²) in [5.41, 5.74) is 0.839. The summed E-state index contributed by atoms with van der Waals surface area (Å²) >= 11 is 1.13. The fraction of sp³-hybridized carbons (Fsp3) is 0.857. The lowest BCUT2D eigenvalue weighted by atomic mass is 9.98. The Morgan fingerprint density at radius 3 is 2.71 bits per heavy atom. The number of aliphatic hydroxyl groups excluding tert-OH is 2. The summed E-state index contributed by atoms with van der Waals surface area (Å²) in [4.78, 5) is 3.84. The quantitative estimate of drug-likeness (QED) is 0.651. The van der Waals surface area contributed by atoms with Gasteiger partial charge >= 0.3 is 0 Å². The van der Waals surface area contributed by atoms with Crippen molar-refractivity contribution in [3.63, 3.8) is 0 Å². The maximum atomic E-state index is 12.4. The van der Waals surface area contributed by atoms with Crippen molar-refractivity contribution in [2.24, 2.45) is 4.99 Å². The SMILES string of the molecule is O[C@H]1[C@H](O)[C@@H](C(F)F)O[C@@H]2SC=N[C@H]12. The molecule has 14 heavy (non-hydrogen) atoms. The second kappa shape index (κ2) is 3.73. The lowest BCUT2D eigenvalue weighted by Crippen LogP contribution is -2.56. The van der Waals surface area contributed by atoms with Crippen molar-refractivity contribution in [3.8, 4) is 0 Å². The third-order valence-corrected chi connectivity index (χ3v) is 3.18. The largest absolute Gasteiger partial charge is 0.388 e. The van der Waals surface area contributed by atoms with Crippen LogP contribution in [0.2, 0.25) is 0 Å². The maximum absolute atomic E-state index is 12.4. The molecule has 0 radical (unpaired) electrons. The molecule has 2 rings (SSSR count). The van der Waals surface area contributed by atoms with Crippen LogP contribution in [0.1, 0.15) is 0 Å². The lowest BCUT2D eigenvalue weighted by Gasteiger charge is -2.37.